The summed E-state index contributed by atoms with van der Waals surface area (Å²) in [5.74, 6) is 0.661. The summed E-state index contributed by atoms with van der Waals surface area (Å²) in [6.07, 6.45) is 6.41. The summed E-state index contributed by atoms with van der Waals surface area (Å²) in [7, 11) is 0. The number of anilines is 1. The molecule has 1 aromatic heterocycles. The van der Waals surface area contributed by atoms with Crippen LogP contribution in [0.2, 0.25) is 0 Å². The molecule has 1 heterocycles. The molecule has 0 saturated heterocycles. The summed E-state index contributed by atoms with van der Waals surface area (Å²) >= 11 is 0. The monoisotopic (exact) mass is 322 g/mol. The summed E-state index contributed by atoms with van der Waals surface area (Å²) in [6.45, 7) is 5.81. The highest BCUT2D eigenvalue weighted by Crippen LogP contribution is 2.31. The van der Waals surface area contributed by atoms with Crippen molar-refractivity contribution in [3.63, 3.8) is 0 Å². The molecular formula is C16H28N5O2+. The number of rotatable bonds is 8. The number of hydrogen-bond donors (Lipinski definition) is 3. The molecule has 3 N–H and O–H groups in total. The topological polar surface area (TPSA) is 80.5 Å². The molecule has 1 saturated carbocycles. The van der Waals surface area contributed by atoms with Gasteiger partial charge in [-0.3, -0.25) is 9.59 Å². The van der Waals surface area contributed by atoms with Gasteiger partial charge in [0.1, 0.15) is 5.82 Å². The lowest BCUT2D eigenvalue weighted by Gasteiger charge is -2.18. The van der Waals surface area contributed by atoms with E-state index in [0.29, 0.717) is 19.1 Å². The number of amides is 2. The Morgan fingerprint density at radius 3 is 2.61 bits per heavy atom. The van der Waals surface area contributed by atoms with Crippen LogP contribution in [0.5, 0.6) is 0 Å². The third-order valence-electron chi connectivity index (χ3n) is 4.30. The fourth-order valence-corrected chi connectivity index (χ4v) is 3.07. The van der Waals surface area contributed by atoms with Crippen LogP contribution in [0.25, 0.3) is 0 Å². The van der Waals surface area contributed by atoms with E-state index in [-0.39, 0.29) is 18.4 Å². The van der Waals surface area contributed by atoms with Gasteiger partial charge in [-0.15, -0.1) is 0 Å². The number of carbonyl (C=O) groups is 2. The van der Waals surface area contributed by atoms with E-state index < -0.39 is 0 Å². The van der Waals surface area contributed by atoms with Gasteiger partial charge in [-0.25, -0.2) is 4.68 Å². The Morgan fingerprint density at radius 1 is 1.26 bits per heavy atom. The molecule has 23 heavy (non-hydrogen) atoms. The van der Waals surface area contributed by atoms with E-state index in [9.17, 15) is 9.59 Å². The van der Waals surface area contributed by atoms with Crippen LogP contribution in [0.1, 0.15) is 45.6 Å². The molecule has 128 valence electrons. The van der Waals surface area contributed by atoms with E-state index in [1.807, 2.05) is 24.6 Å². The average molecular weight is 322 g/mol. The van der Waals surface area contributed by atoms with Crippen molar-refractivity contribution >= 4 is 17.6 Å². The van der Waals surface area contributed by atoms with E-state index in [1.54, 1.807) is 6.20 Å². The fraction of sp³-hybridized carbons (Fsp3) is 0.688. The second kappa shape index (κ2) is 8.67. The van der Waals surface area contributed by atoms with Gasteiger partial charge in [-0.2, -0.15) is 5.10 Å². The van der Waals surface area contributed by atoms with Gasteiger partial charge >= 0.3 is 0 Å². The van der Waals surface area contributed by atoms with E-state index in [2.05, 4.69) is 15.7 Å². The van der Waals surface area contributed by atoms with Crippen LogP contribution in [0.15, 0.2) is 12.3 Å². The quantitative estimate of drug-likeness (QED) is 0.629. The van der Waals surface area contributed by atoms with Gasteiger partial charge in [0.15, 0.2) is 13.1 Å². The summed E-state index contributed by atoms with van der Waals surface area (Å²) in [4.78, 5) is 24.9. The van der Waals surface area contributed by atoms with Crippen LogP contribution in [0.4, 0.5) is 5.82 Å². The van der Waals surface area contributed by atoms with Crippen molar-refractivity contribution in [1.82, 2.24) is 15.1 Å². The molecular weight excluding hydrogens is 294 g/mol. The van der Waals surface area contributed by atoms with Crippen LogP contribution >= 0.6 is 0 Å². The SMILES string of the molecule is CCNC(=O)C[NH+](CC)CC(=O)Nc1ccnn1C1CCCC1. The Hall–Kier alpha value is -1.89. The van der Waals surface area contributed by atoms with E-state index in [0.717, 1.165) is 30.1 Å². The van der Waals surface area contributed by atoms with Gasteiger partial charge in [0.05, 0.1) is 18.8 Å². The lowest BCUT2D eigenvalue weighted by Crippen LogP contribution is -3.14. The van der Waals surface area contributed by atoms with Crippen molar-refractivity contribution in [2.24, 2.45) is 0 Å². The zero-order chi connectivity index (χ0) is 16.7. The van der Waals surface area contributed by atoms with Crippen molar-refractivity contribution < 1.29 is 14.5 Å². The third kappa shape index (κ3) is 5.06. The second-order valence-corrected chi connectivity index (χ2v) is 6.06. The first-order valence-electron chi connectivity index (χ1n) is 8.57. The molecule has 0 aliphatic heterocycles. The highest BCUT2D eigenvalue weighted by Gasteiger charge is 2.22. The molecule has 0 bridgehead atoms. The minimum atomic E-state index is -0.0779. The van der Waals surface area contributed by atoms with Crippen LogP contribution in [0, 0.1) is 0 Å². The first-order chi connectivity index (χ1) is 11.1. The number of nitrogens with zero attached hydrogens (tertiary/aromatic N) is 2. The normalized spacial score (nSPS) is 16.3. The number of aromatic nitrogens is 2. The van der Waals surface area contributed by atoms with Gasteiger partial charge in [0, 0.05) is 12.6 Å². The summed E-state index contributed by atoms with van der Waals surface area (Å²) in [5, 5.41) is 10.1. The number of quaternary nitrogens is 1. The number of nitrogens with one attached hydrogen (secondary N) is 3. The van der Waals surface area contributed by atoms with Crippen molar-refractivity contribution in [2.45, 2.75) is 45.6 Å². The minimum absolute atomic E-state index is 0.0202. The van der Waals surface area contributed by atoms with Crippen LogP contribution in [0.3, 0.4) is 0 Å². The largest absolute Gasteiger partial charge is 0.351 e. The molecule has 0 aromatic carbocycles. The van der Waals surface area contributed by atoms with E-state index >= 15 is 0 Å². The highest BCUT2D eigenvalue weighted by atomic mass is 16.2. The molecule has 1 fully saturated rings. The van der Waals surface area contributed by atoms with Crippen LogP contribution in [-0.4, -0.2) is 47.8 Å². The Kier molecular flexibility index (Phi) is 6.58. The molecule has 2 amide bonds. The maximum atomic E-state index is 12.3. The van der Waals surface area contributed by atoms with Gasteiger partial charge in [-0.1, -0.05) is 12.8 Å². The average Bonchev–Trinajstić information content (AvgIpc) is 3.17. The molecule has 1 aliphatic carbocycles. The number of likely N-dealkylation sites (N-methyl/N-ethyl adjacent to an activating group) is 2. The van der Waals surface area contributed by atoms with Gasteiger partial charge in [0.25, 0.3) is 11.8 Å². The Balaban J connectivity index is 1.88. The molecule has 0 spiro atoms. The third-order valence-corrected chi connectivity index (χ3v) is 4.30. The number of carbonyl (C=O) groups excluding carboxylic acids is 2. The van der Waals surface area contributed by atoms with Crippen LogP contribution < -0.4 is 15.5 Å². The molecule has 2 rings (SSSR count). The standard InChI is InChI=1S/C16H27N5O2/c1-3-17-15(22)11-20(4-2)12-16(23)19-14-9-10-18-21(14)13-7-5-6-8-13/h9-10,13H,3-8,11-12H2,1-2H3,(H,17,22)(H,19,23)/p+1. The predicted octanol–water partition coefficient (Wildman–Crippen LogP) is -0.0224. The number of hydrogen-bond acceptors (Lipinski definition) is 3. The molecule has 7 heteroatoms. The molecule has 1 aliphatic rings. The zero-order valence-electron chi connectivity index (χ0n) is 14.1. The Labute approximate surface area is 137 Å². The van der Waals surface area contributed by atoms with Gasteiger partial charge in [-0.05, 0) is 26.7 Å². The minimum Gasteiger partial charge on any atom is -0.351 e. The van der Waals surface area contributed by atoms with Gasteiger partial charge < -0.3 is 15.5 Å². The molecule has 7 nitrogen and oxygen atoms in total. The van der Waals surface area contributed by atoms with E-state index in [4.69, 9.17) is 0 Å². The van der Waals surface area contributed by atoms with Crippen LogP contribution in [-0.2, 0) is 9.59 Å². The first kappa shape index (κ1) is 17.5. The van der Waals surface area contributed by atoms with Gasteiger partial charge in [0.2, 0.25) is 0 Å². The lowest BCUT2D eigenvalue weighted by atomic mass is 10.2. The predicted molar refractivity (Wildman–Crippen MR) is 88.3 cm³/mol. The van der Waals surface area contributed by atoms with Crippen molar-refractivity contribution in [3.05, 3.63) is 12.3 Å². The molecule has 1 atom stereocenters. The van der Waals surface area contributed by atoms with Crippen molar-refractivity contribution in [3.8, 4) is 0 Å². The summed E-state index contributed by atoms with van der Waals surface area (Å²) in [6, 6.07) is 2.23. The molecule has 1 aromatic rings. The smallest absolute Gasteiger partial charge is 0.280 e. The van der Waals surface area contributed by atoms with E-state index in [1.165, 1.54) is 12.8 Å². The van der Waals surface area contributed by atoms with Crippen molar-refractivity contribution in [1.29, 1.82) is 0 Å². The lowest BCUT2D eigenvalue weighted by molar-refractivity contribution is -0.881. The molecule has 1 unspecified atom stereocenters. The maximum absolute atomic E-state index is 12.3. The second-order valence-electron chi connectivity index (χ2n) is 6.06. The Morgan fingerprint density at radius 2 is 1.96 bits per heavy atom. The zero-order valence-corrected chi connectivity index (χ0v) is 14.1. The summed E-state index contributed by atoms with van der Waals surface area (Å²) < 4.78 is 1.93. The maximum Gasteiger partial charge on any atom is 0.280 e. The summed E-state index contributed by atoms with van der Waals surface area (Å²) in [5.41, 5.74) is 0. The van der Waals surface area contributed by atoms with Crippen molar-refractivity contribution in [2.75, 3.05) is 31.5 Å². The molecule has 0 radical (unpaired) electrons. The Bertz CT molecular complexity index is 522. The first-order valence-corrected chi connectivity index (χ1v) is 8.57. The fourth-order valence-electron chi connectivity index (χ4n) is 3.07. The highest BCUT2D eigenvalue weighted by molar-refractivity contribution is 5.90.